The molecule has 2 N–H and O–H groups in total. The summed E-state index contributed by atoms with van der Waals surface area (Å²) in [5.41, 5.74) is 0.350. The lowest BCUT2D eigenvalue weighted by molar-refractivity contribution is 0.0733. The Hall–Kier alpha value is -1.46. The van der Waals surface area contributed by atoms with Crippen molar-refractivity contribution in [1.82, 2.24) is 10.6 Å². The minimum Gasteiger partial charge on any atom is -0.379 e. The number of nitrogens with one attached hydrogen (secondary N) is 2. The number of rotatable bonds is 4. The van der Waals surface area contributed by atoms with Crippen LogP contribution in [0.3, 0.4) is 0 Å². The number of halogens is 1. The molecule has 0 saturated carbocycles. The Labute approximate surface area is 106 Å². The number of ether oxygens (including phenoxy) is 1. The molecular weight excluding hydrogens is 235 g/mol. The van der Waals surface area contributed by atoms with Gasteiger partial charge in [-0.1, -0.05) is 6.07 Å². The van der Waals surface area contributed by atoms with Crippen LogP contribution in [0.2, 0.25) is 0 Å². The molecule has 1 aliphatic heterocycles. The highest BCUT2D eigenvalue weighted by molar-refractivity contribution is 5.94. The molecular formula is C13H17FN2O2. The quantitative estimate of drug-likeness (QED) is 0.838. The molecule has 1 atom stereocenters. The third kappa shape index (κ3) is 3.78. The Balaban J connectivity index is 1.74. The minimum absolute atomic E-state index is 0.244. The molecule has 0 radical (unpaired) electrons. The summed E-state index contributed by atoms with van der Waals surface area (Å²) in [5, 5.41) is 6.08. The molecule has 98 valence electrons. The van der Waals surface area contributed by atoms with Gasteiger partial charge in [0.05, 0.1) is 13.2 Å². The van der Waals surface area contributed by atoms with E-state index in [1.807, 2.05) is 0 Å². The highest BCUT2D eigenvalue weighted by Crippen LogP contribution is 2.03. The van der Waals surface area contributed by atoms with E-state index < -0.39 is 5.82 Å². The van der Waals surface area contributed by atoms with Gasteiger partial charge in [-0.2, -0.15) is 0 Å². The van der Waals surface area contributed by atoms with Gasteiger partial charge in [0.15, 0.2) is 0 Å². The zero-order chi connectivity index (χ0) is 12.8. The minimum atomic E-state index is -0.398. The van der Waals surface area contributed by atoms with E-state index in [1.54, 1.807) is 6.07 Å². The fraction of sp³-hybridized carbons (Fsp3) is 0.462. The maximum absolute atomic E-state index is 12.9. The van der Waals surface area contributed by atoms with Gasteiger partial charge in [-0.05, 0) is 24.6 Å². The first-order valence-electron chi connectivity index (χ1n) is 6.10. The topological polar surface area (TPSA) is 50.4 Å². The summed E-state index contributed by atoms with van der Waals surface area (Å²) in [5.74, 6) is -0.642. The second-order valence-corrected chi connectivity index (χ2v) is 4.28. The first-order chi connectivity index (χ1) is 8.75. The summed E-state index contributed by atoms with van der Waals surface area (Å²) in [4.78, 5) is 11.7. The zero-order valence-corrected chi connectivity index (χ0v) is 10.1. The predicted molar refractivity (Wildman–Crippen MR) is 66.0 cm³/mol. The van der Waals surface area contributed by atoms with Crippen LogP contribution >= 0.6 is 0 Å². The smallest absolute Gasteiger partial charge is 0.251 e. The van der Waals surface area contributed by atoms with Crippen molar-refractivity contribution in [2.45, 2.75) is 12.5 Å². The summed E-state index contributed by atoms with van der Waals surface area (Å²) >= 11 is 0. The van der Waals surface area contributed by atoms with Crippen molar-refractivity contribution < 1.29 is 13.9 Å². The number of morpholine rings is 1. The van der Waals surface area contributed by atoms with Crippen molar-refractivity contribution in [3.05, 3.63) is 35.6 Å². The van der Waals surface area contributed by atoms with E-state index in [-0.39, 0.29) is 11.9 Å². The lowest BCUT2D eigenvalue weighted by Gasteiger charge is -2.23. The van der Waals surface area contributed by atoms with Gasteiger partial charge in [0.2, 0.25) is 0 Å². The van der Waals surface area contributed by atoms with Gasteiger partial charge >= 0.3 is 0 Å². The molecule has 1 fully saturated rings. The lowest BCUT2D eigenvalue weighted by Crippen LogP contribution is -2.43. The summed E-state index contributed by atoms with van der Waals surface area (Å²) in [6.45, 7) is 2.82. The predicted octanol–water partition coefficient (Wildman–Crippen LogP) is 0.934. The first-order valence-corrected chi connectivity index (χ1v) is 6.10. The van der Waals surface area contributed by atoms with Gasteiger partial charge < -0.3 is 15.4 Å². The highest BCUT2D eigenvalue weighted by atomic mass is 19.1. The molecule has 0 aliphatic carbocycles. The van der Waals surface area contributed by atoms with Gasteiger partial charge in [0, 0.05) is 24.7 Å². The Bertz CT molecular complexity index is 406. The van der Waals surface area contributed by atoms with Crippen molar-refractivity contribution in [1.29, 1.82) is 0 Å². The number of hydrogen-bond donors (Lipinski definition) is 2. The second-order valence-electron chi connectivity index (χ2n) is 4.28. The normalized spacial score (nSPS) is 19.5. The Morgan fingerprint density at radius 2 is 2.44 bits per heavy atom. The monoisotopic (exact) mass is 252 g/mol. The van der Waals surface area contributed by atoms with Gasteiger partial charge in [-0.15, -0.1) is 0 Å². The Morgan fingerprint density at radius 3 is 3.17 bits per heavy atom. The van der Waals surface area contributed by atoms with Crippen molar-refractivity contribution in [3.8, 4) is 0 Å². The van der Waals surface area contributed by atoms with Gasteiger partial charge in [-0.25, -0.2) is 4.39 Å². The Kier molecular flexibility index (Phi) is 4.66. The van der Waals surface area contributed by atoms with Crippen LogP contribution in [0.5, 0.6) is 0 Å². The molecule has 0 spiro atoms. The van der Waals surface area contributed by atoms with Gasteiger partial charge in [-0.3, -0.25) is 4.79 Å². The van der Waals surface area contributed by atoms with Crippen molar-refractivity contribution in [2.24, 2.45) is 0 Å². The summed E-state index contributed by atoms with van der Waals surface area (Å²) in [6.07, 6.45) is 0.807. The van der Waals surface area contributed by atoms with E-state index in [2.05, 4.69) is 10.6 Å². The molecule has 1 unspecified atom stereocenters. The fourth-order valence-corrected chi connectivity index (χ4v) is 1.90. The van der Waals surface area contributed by atoms with Crippen LogP contribution in [-0.2, 0) is 4.74 Å². The van der Waals surface area contributed by atoms with Crippen LogP contribution in [0, 0.1) is 5.82 Å². The summed E-state index contributed by atoms with van der Waals surface area (Å²) < 4.78 is 18.2. The molecule has 18 heavy (non-hydrogen) atoms. The largest absolute Gasteiger partial charge is 0.379 e. The number of amides is 1. The molecule has 1 saturated heterocycles. The number of carbonyl (C=O) groups is 1. The molecule has 5 heteroatoms. The van der Waals surface area contributed by atoms with Crippen molar-refractivity contribution >= 4 is 5.91 Å². The van der Waals surface area contributed by atoms with E-state index in [1.165, 1.54) is 18.2 Å². The van der Waals surface area contributed by atoms with Crippen molar-refractivity contribution in [2.75, 3.05) is 26.3 Å². The number of benzene rings is 1. The Morgan fingerprint density at radius 1 is 1.56 bits per heavy atom. The van der Waals surface area contributed by atoms with Gasteiger partial charge in [0.1, 0.15) is 5.82 Å². The summed E-state index contributed by atoms with van der Waals surface area (Å²) in [7, 11) is 0. The fourth-order valence-electron chi connectivity index (χ4n) is 1.90. The standard InChI is InChI=1S/C13H17FN2O2/c14-11-3-1-2-10(8-11)13(17)16-5-4-12-9-18-7-6-15-12/h1-3,8,12,15H,4-7,9H2,(H,16,17). The maximum atomic E-state index is 12.9. The SMILES string of the molecule is O=C(NCCC1COCCN1)c1cccc(F)c1. The van der Waals surface area contributed by atoms with Crippen LogP contribution in [0.15, 0.2) is 24.3 Å². The molecule has 1 aromatic carbocycles. The van der Waals surface area contributed by atoms with Crippen LogP contribution in [0.25, 0.3) is 0 Å². The van der Waals surface area contributed by atoms with Crippen molar-refractivity contribution in [3.63, 3.8) is 0 Å². The number of carbonyl (C=O) groups excluding carboxylic acids is 1. The van der Waals surface area contributed by atoms with Crippen LogP contribution in [0.1, 0.15) is 16.8 Å². The molecule has 2 rings (SSSR count). The van der Waals surface area contributed by atoms with E-state index in [4.69, 9.17) is 4.74 Å². The highest BCUT2D eigenvalue weighted by Gasteiger charge is 2.13. The summed E-state index contributed by atoms with van der Waals surface area (Å²) in [6, 6.07) is 5.96. The molecule has 4 nitrogen and oxygen atoms in total. The molecule has 1 aromatic rings. The molecule has 1 heterocycles. The van der Waals surface area contributed by atoms with E-state index >= 15 is 0 Å². The third-order valence-corrected chi connectivity index (χ3v) is 2.86. The third-order valence-electron chi connectivity index (χ3n) is 2.86. The van der Waals surface area contributed by atoms with Gasteiger partial charge in [0.25, 0.3) is 5.91 Å². The zero-order valence-electron chi connectivity index (χ0n) is 10.1. The lowest BCUT2D eigenvalue weighted by atomic mass is 10.2. The van der Waals surface area contributed by atoms with Crippen LogP contribution < -0.4 is 10.6 Å². The first kappa shape index (κ1) is 13.0. The molecule has 0 aromatic heterocycles. The molecule has 1 aliphatic rings. The van der Waals surface area contributed by atoms with Crippen LogP contribution in [-0.4, -0.2) is 38.3 Å². The molecule has 0 bridgehead atoms. The average Bonchev–Trinajstić information content (AvgIpc) is 2.40. The van der Waals surface area contributed by atoms with E-state index in [0.717, 1.165) is 19.6 Å². The van der Waals surface area contributed by atoms with E-state index in [0.29, 0.717) is 18.7 Å². The van der Waals surface area contributed by atoms with Crippen LogP contribution in [0.4, 0.5) is 4.39 Å². The molecule has 1 amide bonds. The maximum Gasteiger partial charge on any atom is 0.251 e. The number of hydrogen-bond acceptors (Lipinski definition) is 3. The second kappa shape index (κ2) is 6.47. The van der Waals surface area contributed by atoms with E-state index in [9.17, 15) is 9.18 Å². The average molecular weight is 252 g/mol.